The summed E-state index contributed by atoms with van der Waals surface area (Å²) in [4.78, 5) is 0. The van der Waals surface area contributed by atoms with Crippen LogP contribution >= 0.6 is 0 Å². The summed E-state index contributed by atoms with van der Waals surface area (Å²) in [5.74, 6) is 0. The maximum Gasteiger partial charge on any atom is -0.0276 e. The SMILES string of the molecule is CC.CCCCCc1cc(C)ccc1C. The van der Waals surface area contributed by atoms with E-state index in [-0.39, 0.29) is 0 Å². The molecule has 0 N–H and O–H groups in total. The Morgan fingerprint density at radius 2 is 1.67 bits per heavy atom. The first-order chi connectivity index (χ1) is 7.24. The van der Waals surface area contributed by atoms with Crippen molar-refractivity contribution in [3.63, 3.8) is 0 Å². The Morgan fingerprint density at radius 3 is 2.27 bits per heavy atom. The van der Waals surface area contributed by atoms with Gasteiger partial charge in [0, 0.05) is 0 Å². The molecule has 0 unspecified atom stereocenters. The fourth-order valence-electron chi connectivity index (χ4n) is 1.64. The molecule has 0 fully saturated rings. The number of hydrogen-bond acceptors (Lipinski definition) is 0. The van der Waals surface area contributed by atoms with Crippen LogP contribution < -0.4 is 0 Å². The van der Waals surface area contributed by atoms with Crippen molar-refractivity contribution in [3.8, 4) is 0 Å². The molecular weight excluding hydrogens is 180 g/mol. The lowest BCUT2D eigenvalue weighted by Gasteiger charge is -2.06. The molecule has 1 aromatic carbocycles. The lowest BCUT2D eigenvalue weighted by molar-refractivity contribution is 0.715. The van der Waals surface area contributed by atoms with E-state index in [0.29, 0.717) is 0 Å². The summed E-state index contributed by atoms with van der Waals surface area (Å²) >= 11 is 0. The Balaban J connectivity index is 0.000000921. The third-order valence-electron chi connectivity index (χ3n) is 2.55. The molecule has 86 valence electrons. The fraction of sp³-hybridized carbons (Fsp3) is 0.600. The van der Waals surface area contributed by atoms with Crippen LogP contribution in [0.25, 0.3) is 0 Å². The van der Waals surface area contributed by atoms with Crippen LogP contribution in [0.2, 0.25) is 0 Å². The minimum Gasteiger partial charge on any atom is -0.0683 e. The normalized spacial score (nSPS) is 9.40. The second-order valence-corrected chi connectivity index (χ2v) is 3.89. The first-order valence-electron chi connectivity index (χ1n) is 6.30. The molecule has 0 aliphatic rings. The molecule has 0 atom stereocenters. The van der Waals surface area contributed by atoms with E-state index >= 15 is 0 Å². The summed E-state index contributed by atoms with van der Waals surface area (Å²) in [6, 6.07) is 6.75. The van der Waals surface area contributed by atoms with Crippen molar-refractivity contribution in [2.45, 2.75) is 60.3 Å². The Labute approximate surface area is 95.7 Å². The van der Waals surface area contributed by atoms with Crippen LogP contribution in [0.3, 0.4) is 0 Å². The van der Waals surface area contributed by atoms with E-state index in [0.717, 1.165) is 0 Å². The number of unbranched alkanes of at least 4 members (excludes halogenated alkanes) is 2. The largest absolute Gasteiger partial charge is 0.0683 e. The third kappa shape index (κ3) is 5.61. The predicted molar refractivity (Wildman–Crippen MR) is 70.5 cm³/mol. The predicted octanol–water partition coefficient (Wildman–Crippen LogP) is 5.06. The van der Waals surface area contributed by atoms with E-state index in [1.807, 2.05) is 13.8 Å². The van der Waals surface area contributed by atoms with Gasteiger partial charge in [0.25, 0.3) is 0 Å². The lowest BCUT2D eigenvalue weighted by atomic mass is 10.0. The zero-order valence-corrected chi connectivity index (χ0v) is 11.1. The van der Waals surface area contributed by atoms with Gasteiger partial charge < -0.3 is 0 Å². The molecule has 0 spiro atoms. The Hall–Kier alpha value is -0.780. The number of rotatable bonds is 4. The van der Waals surface area contributed by atoms with Gasteiger partial charge >= 0.3 is 0 Å². The Morgan fingerprint density at radius 1 is 1.00 bits per heavy atom. The van der Waals surface area contributed by atoms with Crippen molar-refractivity contribution in [3.05, 3.63) is 34.9 Å². The summed E-state index contributed by atoms with van der Waals surface area (Å²) in [7, 11) is 0. The van der Waals surface area contributed by atoms with Gasteiger partial charge in [0.1, 0.15) is 0 Å². The second kappa shape index (κ2) is 8.52. The van der Waals surface area contributed by atoms with Crippen molar-refractivity contribution in [1.29, 1.82) is 0 Å². The summed E-state index contributed by atoms with van der Waals surface area (Å²) in [6.07, 6.45) is 5.25. The van der Waals surface area contributed by atoms with Crippen molar-refractivity contribution in [2.75, 3.05) is 0 Å². The first kappa shape index (κ1) is 14.2. The van der Waals surface area contributed by atoms with Gasteiger partial charge in [-0.1, -0.05) is 57.4 Å². The van der Waals surface area contributed by atoms with E-state index in [9.17, 15) is 0 Å². The number of aryl methyl sites for hydroxylation is 3. The quantitative estimate of drug-likeness (QED) is 0.604. The van der Waals surface area contributed by atoms with Crippen molar-refractivity contribution in [2.24, 2.45) is 0 Å². The highest BCUT2D eigenvalue weighted by Gasteiger charge is 1.97. The average molecular weight is 206 g/mol. The summed E-state index contributed by atoms with van der Waals surface area (Å²) in [5.41, 5.74) is 4.37. The number of benzene rings is 1. The van der Waals surface area contributed by atoms with E-state index in [1.54, 1.807) is 0 Å². The maximum absolute atomic E-state index is 2.32. The summed E-state index contributed by atoms with van der Waals surface area (Å²) < 4.78 is 0. The van der Waals surface area contributed by atoms with E-state index < -0.39 is 0 Å². The molecule has 0 saturated heterocycles. The minimum atomic E-state index is 1.25. The van der Waals surface area contributed by atoms with Crippen LogP contribution in [0, 0.1) is 13.8 Å². The van der Waals surface area contributed by atoms with Gasteiger partial charge in [-0.15, -0.1) is 0 Å². The van der Waals surface area contributed by atoms with Gasteiger partial charge in [-0.05, 0) is 37.8 Å². The Kier molecular flexibility index (Phi) is 8.08. The van der Waals surface area contributed by atoms with E-state index in [2.05, 4.69) is 39.0 Å². The lowest BCUT2D eigenvalue weighted by Crippen LogP contribution is -1.90. The highest BCUT2D eigenvalue weighted by Crippen LogP contribution is 2.13. The zero-order chi connectivity index (χ0) is 11.7. The summed E-state index contributed by atoms with van der Waals surface area (Å²) in [6.45, 7) is 10.6. The monoisotopic (exact) mass is 206 g/mol. The van der Waals surface area contributed by atoms with Gasteiger partial charge in [-0.2, -0.15) is 0 Å². The minimum absolute atomic E-state index is 1.25. The topological polar surface area (TPSA) is 0 Å². The standard InChI is InChI=1S/C13H20.C2H6/c1-4-5-6-7-13-10-11(2)8-9-12(13)3;1-2/h8-10H,4-7H2,1-3H3;1-2H3. The maximum atomic E-state index is 2.32. The third-order valence-corrected chi connectivity index (χ3v) is 2.55. The molecule has 0 aromatic heterocycles. The van der Waals surface area contributed by atoms with Crippen LogP contribution in [0.5, 0.6) is 0 Å². The number of hydrogen-bond donors (Lipinski definition) is 0. The van der Waals surface area contributed by atoms with Crippen LogP contribution in [-0.2, 0) is 6.42 Å². The molecule has 0 nitrogen and oxygen atoms in total. The van der Waals surface area contributed by atoms with Crippen LogP contribution in [0.15, 0.2) is 18.2 Å². The van der Waals surface area contributed by atoms with Crippen molar-refractivity contribution < 1.29 is 0 Å². The average Bonchev–Trinajstić information content (AvgIpc) is 2.26. The smallest absolute Gasteiger partial charge is 0.0276 e. The van der Waals surface area contributed by atoms with Crippen molar-refractivity contribution in [1.82, 2.24) is 0 Å². The van der Waals surface area contributed by atoms with Gasteiger partial charge in [0.15, 0.2) is 0 Å². The molecule has 0 radical (unpaired) electrons. The van der Waals surface area contributed by atoms with Crippen LogP contribution in [0.4, 0.5) is 0 Å². The highest BCUT2D eigenvalue weighted by atomic mass is 14.0. The molecule has 0 heterocycles. The molecular formula is C15H26. The molecule has 0 aliphatic carbocycles. The highest BCUT2D eigenvalue weighted by molar-refractivity contribution is 5.30. The molecule has 15 heavy (non-hydrogen) atoms. The molecule has 0 heteroatoms. The molecule has 1 rings (SSSR count). The molecule has 1 aromatic rings. The van der Waals surface area contributed by atoms with Gasteiger partial charge in [-0.25, -0.2) is 0 Å². The molecule has 0 saturated carbocycles. The van der Waals surface area contributed by atoms with Crippen LogP contribution in [-0.4, -0.2) is 0 Å². The summed E-state index contributed by atoms with van der Waals surface area (Å²) in [5, 5.41) is 0. The fourth-order valence-corrected chi connectivity index (χ4v) is 1.64. The van der Waals surface area contributed by atoms with E-state index in [4.69, 9.17) is 0 Å². The van der Waals surface area contributed by atoms with Gasteiger partial charge in [0.05, 0.1) is 0 Å². The Bertz CT molecular complexity index is 261. The first-order valence-corrected chi connectivity index (χ1v) is 6.30. The van der Waals surface area contributed by atoms with Gasteiger partial charge in [-0.3, -0.25) is 0 Å². The molecule has 0 bridgehead atoms. The second-order valence-electron chi connectivity index (χ2n) is 3.89. The van der Waals surface area contributed by atoms with Crippen molar-refractivity contribution >= 4 is 0 Å². The zero-order valence-electron chi connectivity index (χ0n) is 11.1. The molecule has 0 amide bonds. The van der Waals surface area contributed by atoms with Gasteiger partial charge in [0.2, 0.25) is 0 Å². The molecule has 0 aliphatic heterocycles. The van der Waals surface area contributed by atoms with E-state index in [1.165, 1.54) is 42.4 Å². The van der Waals surface area contributed by atoms with Crippen LogP contribution in [0.1, 0.15) is 56.7 Å².